The van der Waals surface area contributed by atoms with Gasteiger partial charge in [0, 0.05) is 51.0 Å². The van der Waals surface area contributed by atoms with E-state index < -0.39 is 0 Å². The van der Waals surface area contributed by atoms with Crippen LogP contribution in [0.3, 0.4) is 0 Å². The number of nitrogens with zero attached hydrogens (tertiary/aromatic N) is 7. The highest BCUT2D eigenvalue weighted by molar-refractivity contribution is 5.78. The number of aromatic nitrogens is 4. The van der Waals surface area contributed by atoms with Crippen LogP contribution in [0, 0.1) is 12.3 Å². The van der Waals surface area contributed by atoms with Gasteiger partial charge in [0.25, 0.3) is 0 Å². The first-order chi connectivity index (χ1) is 12.9. The average molecular weight is 377 g/mol. The van der Waals surface area contributed by atoms with E-state index in [-0.39, 0.29) is 17.2 Å². The van der Waals surface area contributed by atoms with Crippen molar-refractivity contribution in [1.82, 2.24) is 34.9 Å². The molecule has 1 aromatic heterocycles. The fourth-order valence-electron chi connectivity index (χ4n) is 4.20. The maximum Gasteiger partial charge on any atom is 0.224 e. The summed E-state index contributed by atoms with van der Waals surface area (Å²) in [5.74, 6) is 1.13. The molecule has 2 aliphatic heterocycles. The third kappa shape index (κ3) is 4.82. The van der Waals surface area contributed by atoms with Crippen LogP contribution < -0.4 is 0 Å². The third-order valence-corrected chi connectivity index (χ3v) is 5.83. The van der Waals surface area contributed by atoms with Crippen LogP contribution in [-0.4, -0.2) is 93.5 Å². The zero-order chi connectivity index (χ0) is 19.4. The number of rotatable bonds is 6. The van der Waals surface area contributed by atoms with Crippen LogP contribution in [0.1, 0.15) is 37.9 Å². The summed E-state index contributed by atoms with van der Waals surface area (Å²) in [4.78, 5) is 31.2. The number of hydrogen-bond donors (Lipinski definition) is 0. The quantitative estimate of drug-likeness (QED) is 0.702. The lowest BCUT2D eigenvalue weighted by atomic mass is 9.73. The van der Waals surface area contributed by atoms with E-state index in [1.807, 2.05) is 30.8 Å². The number of hydrogen-bond acceptors (Lipinski definition) is 6. The van der Waals surface area contributed by atoms with Crippen molar-refractivity contribution < 1.29 is 9.59 Å². The molecule has 2 aliphatic rings. The average Bonchev–Trinajstić information content (AvgIpc) is 3.05. The largest absolute Gasteiger partial charge is 0.342 e. The number of likely N-dealkylation sites (N-methyl/N-ethyl adjacent to an activating group) is 1. The highest BCUT2D eigenvalue weighted by Crippen LogP contribution is 2.39. The highest BCUT2D eigenvalue weighted by Gasteiger charge is 2.42. The SMILES string of the molecule is Cc1nnnn1CCC(=O)N1CCC[C@@]2(CCC(=O)N(CCN(C)C)C2)C1. The molecule has 0 aliphatic carbocycles. The van der Waals surface area contributed by atoms with Crippen LogP contribution in [0.5, 0.6) is 0 Å². The summed E-state index contributed by atoms with van der Waals surface area (Å²) >= 11 is 0. The number of likely N-dealkylation sites (tertiary alicyclic amines) is 2. The van der Waals surface area contributed by atoms with E-state index in [1.165, 1.54) is 0 Å². The van der Waals surface area contributed by atoms with Gasteiger partial charge in [-0.25, -0.2) is 4.68 Å². The molecule has 2 saturated heterocycles. The molecule has 9 heteroatoms. The lowest BCUT2D eigenvalue weighted by Crippen LogP contribution is -2.55. The maximum absolute atomic E-state index is 12.7. The van der Waals surface area contributed by atoms with Crippen molar-refractivity contribution in [1.29, 1.82) is 0 Å². The molecule has 0 bridgehead atoms. The standard InChI is InChI=1S/C18H31N7O2/c1-15-19-20-21-25(15)10-6-17(27)23-9-4-7-18(13-23)8-5-16(26)24(14-18)12-11-22(2)3/h4-14H2,1-3H3/t18-/m1/s1. The summed E-state index contributed by atoms with van der Waals surface area (Å²) in [6.07, 6.45) is 3.99. The van der Waals surface area contributed by atoms with Crippen LogP contribution in [0.2, 0.25) is 0 Å². The molecule has 9 nitrogen and oxygen atoms in total. The summed E-state index contributed by atoms with van der Waals surface area (Å²) in [5.41, 5.74) is 0.0544. The van der Waals surface area contributed by atoms with Crippen molar-refractivity contribution in [3.63, 3.8) is 0 Å². The molecule has 1 spiro atoms. The van der Waals surface area contributed by atoms with Gasteiger partial charge in [-0.3, -0.25) is 9.59 Å². The van der Waals surface area contributed by atoms with Gasteiger partial charge in [-0.15, -0.1) is 5.10 Å². The second-order valence-electron chi connectivity index (χ2n) is 8.24. The second-order valence-corrected chi connectivity index (χ2v) is 8.24. The van der Waals surface area contributed by atoms with Crippen molar-refractivity contribution >= 4 is 11.8 Å². The molecule has 2 fully saturated rings. The van der Waals surface area contributed by atoms with Crippen molar-refractivity contribution in [2.45, 2.75) is 45.6 Å². The Labute approximate surface area is 160 Å². The Morgan fingerprint density at radius 1 is 1.22 bits per heavy atom. The Morgan fingerprint density at radius 3 is 2.74 bits per heavy atom. The summed E-state index contributed by atoms with van der Waals surface area (Å²) in [6.45, 7) is 6.31. The molecule has 0 radical (unpaired) electrons. The first kappa shape index (κ1) is 19.7. The zero-order valence-corrected chi connectivity index (χ0v) is 16.7. The minimum atomic E-state index is 0.0544. The fraction of sp³-hybridized carbons (Fsp3) is 0.833. The lowest BCUT2D eigenvalue weighted by molar-refractivity contribution is -0.143. The van der Waals surface area contributed by atoms with Gasteiger partial charge in [0.15, 0.2) is 0 Å². The summed E-state index contributed by atoms with van der Waals surface area (Å²) < 4.78 is 1.67. The number of piperidine rings is 2. The van der Waals surface area contributed by atoms with Gasteiger partial charge in [0.2, 0.25) is 11.8 Å². The van der Waals surface area contributed by atoms with Crippen molar-refractivity contribution in [2.75, 3.05) is 46.8 Å². The Kier molecular flexibility index (Phi) is 6.08. The number of aryl methyl sites for hydroxylation is 2. The van der Waals surface area contributed by atoms with Crippen molar-refractivity contribution in [2.24, 2.45) is 5.41 Å². The molecule has 150 valence electrons. The maximum atomic E-state index is 12.7. The molecular formula is C18H31N7O2. The van der Waals surface area contributed by atoms with Crippen molar-refractivity contribution in [3.05, 3.63) is 5.82 Å². The number of amides is 2. The molecule has 0 aromatic carbocycles. The van der Waals surface area contributed by atoms with Crippen LogP contribution >= 0.6 is 0 Å². The smallest absolute Gasteiger partial charge is 0.224 e. The third-order valence-electron chi connectivity index (χ3n) is 5.83. The molecule has 2 amide bonds. The molecule has 1 aromatic rings. The van der Waals surface area contributed by atoms with Gasteiger partial charge in [0.1, 0.15) is 5.82 Å². The van der Waals surface area contributed by atoms with Crippen molar-refractivity contribution in [3.8, 4) is 0 Å². The highest BCUT2D eigenvalue weighted by atomic mass is 16.2. The van der Waals surface area contributed by atoms with E-state index in [0.717, 1.165) is 57.8 Å². The van der Waals surface area contributed by atoms with Gasteiger partial charge in [0.05, 0.1) is 6.54 Å². The van der Waals surface area contributed by atoms with E-state index in [1.54, 1.807) is 4.68 Å². The number of carbonyl (C=O) groups excluding carboxylic acids is 2. The van der Waals surface area contributed by atoms with Gasteiger partial charge < -0.3 is 14.7 Å². The van der Waals surface area contributed by atoms with Gasteiger partial charge >= 0.3 is 0 Å². The van der Waals surface area contributed by atoms with Crippen LogP contribution in [0.25, 0.3) is 0 Å². The molecule has 3 rings (SSSR count). The Bertz CT molecular complexity index is 674. The lowest BCUT2D eigenvalue weighted by Gasteiger charge is -2.48. The predicted octanol–water partition coefficient (Wildman–Crippen LogP) is 0.164. The van der Waals surface area contributed by atoms with E-state index in [2.05, 4.69) is 20.4 Å². The van der Waals surface area contributed by atoms with E-state index in [9.17, 15) is 9.59 Å². The molecule has 3 heterocycles. The number of carbonyl (C=O) groups is 2. The monoisotopic (exact) mass is 377 g/mol. The first-order valence-corrected chi connectivity index (χ1v) is 9.82. The summed E-state index contributed by atoms with van der Waals surface area (Å²) in [6, 6.07) is 0. The molecule has 0 unspecified atom stereocenters. The van der Waals surface area contributed by atoms with Crippen LogP contribution in [0.15, 0.2) is 0 Å². The molecule has 0 N–H and O–H groups in total. The van der Waals surface area contributed by atoms with E-state index >= 15 is 0 Å². The Morgan fingerprint density at radius 2 is 2.04 bits per heavy atom. The van der Waals surface area contributed by atoms with E-state index in [4.69, 9.17) is 0 Å². The van der Waals surface area contributed by atoms with Gasteiger partial charge in [-0.05, 0) is 50.7 Å². The van der Waals surface area contributed by atoms with Crippen LogP contribution in [0.4, 0.5) is 0 Å². The molecule has 27 heavy (non-hydrogen) atoms. The molecular weight excluding hydrogens is 346 g/mol. The predicted molar refractivity (Wildman–Crippen MR) is 99.8 cm³/mol. The minimum Gasteiger partial charge on any atom is -0.342 e. The molecule has 1 atom stereocenters. The van der Waals surface area contributed by atoms with Crippen LogP contribution in [-0.2, 0) is 16.1 Å². The van der Waals surface area contributed by atoms with Gasteiger partial charge in [-0.2, -0.15) is 0 Å². The fourth-order valence-corrected chi connectivity index (χ4v) is 4.20. The number of tetrazole rings is 1. The zero-order valence-electron chi connectivity index (χ0n) is 16.7. The molecule has 0 saturated carbocycles. The Balaban J connectivity index is 1.58. The summed E-state index contributed by atoms with van der Waals surface area (Å²) in [5, 5.41) is 11.4. The normalized spacial score (nSPS) is 23.5. The van der Waals surface area contributed by atoms with Gasteiger partial charge in [-0.1, -0.05) is 0 Å². The topological polar surface area (TPSA) is 87.5 Å². The second kappa shape index (κ2) is 8.33. The summed E-state index contributed by atoms with van der Waals surface area (Å²) in [7, 11) is 4.05. The van der Waals surface area contributed by atoms with E-state index in [0.29, 0.717) is 19.4 Å². The first-order valence-electron chi connectivity index (χ1n) is 9.82. The Hall–Kier alpha value is -2.03. The minimum absolute atomic E-state index is 0.0544.